The number of nitrogens with one attached hydrogen (secondary N) is 4. The lowest BCUT2D eigenvalue weighted by Gasteiger charge is -2.15. The average Bonchev–Trinajstić information content (AvgIpc) is 3.32. The second kappa shape index (κ2) is 9.12. The van der Waals surface area contributed by atoms with Gasteiger partial charge in [0.1, 0.15) is 6.04 Å². The molecule has 2 aliphatic heterocycles. The number of anilines is 1. The summed E-state index contributed by atoms with van der Waals surface area (Å²) in [5, 5.41) is 5.80. The predicted octanol–water partition coefficient (Wildman–Crippen LogP) is 1.57. The minimum atomic E-state index is -0.297. The number of benzene rings is 1. The Bertz CT molecular complexity index is 631. The molecule has 1 aromatic rings. The van der Waals surface area contributed by atoms with Crippen LogP contribution >= 0.6 is 0 Å². The van der Waals surface area contributed by atoms with Gasteiger partial charge < -0.3 is 15.4 Å². The number of para-hydroxylation sites is 1. The fourth-order valence-corrected chi connectivity index (χ4v) is 3.45. The lowest BCUT2D eigenvalue weighted by Crippen LogP contribution is -2.40. The first-order chi connectivity index (χ1) is 12.7. The van der Waals surface area contributed by atoms with Crippen LogP contribution in [0.1, 0.15) is 49.4 Å². The van der Waals surface area contributed by atoms with Gasteiger partial charge in [0, 0.05) is 19.2 Å². The molecule has 0 saturated carbocycles. The number of hydrogen-bond acceptors (Lipinski definition) is 5. The molecule has 0 aliphatic carbocycles. The molecule has 2 aliphatic rings. The van der Waals surface area contributed by atoms with E-state index in [0.717, 1.165) is 38.7 Å². The number of carbonyl (C=O) groups excluding carboxylic acids is 2. The molecule has 7 nitrogen and oxygen atoms in total. The van der Waals surface area contributed by atoms with E-state index in [0.29, 0.717) is 23.8 Å². The van der Waals surface area contributed by atoms with Gasteiger partial charge in [0.15, 0.2) is 0 Å². The fourth-order valence-electron chi connectivity index (χ4n) is 3.45. The lowest BCUT2D eigenvalue weighted by atomic mass is 10.1. The van der Waals surface area contributed by atoms with Gasteiger partial charge in [0.05, 0.1) is 17.4 Å². The Kier molecular flexibility index (Phi) is 6.60. The summed E-state index contributed by atoms with van der Waals surface area (Å²) < 4.78 is 5.53. The minimum absolute atomic E-state index is 0.0879. The van der Waals surface area contributed by atoms with Gasteiger partial charge in [-0.2, -0.15) is 0 Å². The van der Waals surface area contributed by atoms with Crippen LogP contribution in [0.5, 0.6) is 0 Å². The van der Waals surface area contributed by atoms with Crippen LogP contribution in [0.15, 0.2) is 24.3 Å². The van der Waals surface area contributed by atoms with E-state index in [1.54, 1.807) is 18.2 Å². The third-order valence-corrected chi connectivity index (χ3v) is 4.88. The molecular weight excluding hydrogens is 332 g/mol. The highest BCUT2D eigenvalue weighted by molar-refractivity contribution is 6.04. The van der Waals surface area contributed by atoms with Crippen molar-refractivity contribution in [1.29, 1.82) is 0 Å². The van der Waals surface area contributed by atoms with E-state index in [9.17, 15) is 9.59 Å². The van der Waals surface area contributed by atoms with Crippen molar-refractivity contribution in [3.05, 3.63) is 29.8 Å². The molecule has 0 aromatic heterocycles. The van der Waals surface area contributed by atoms with Crippen LogP contribution in [-0.4, -0.2) is 43.2 Å². The van der Waals surface area contributed by atoms with Crippen molar-refractivity contribution in [2.24, 2.45) is 0 Å². The van der Waals surface area contributed by atoms with Crippen LogP contribution in [0.4, 0.5) is 5.69 Å². The quantitative estimate of drug-likeness (QED) is 0.592. The smallest absolute Gasteiger partial charge is 0.253 e. The summed E-state index contributed by atoms with van der Waals surface area (Å²) in [4.78, 5) is 25.1. The standard InChI is InChI=1S/C19H28N4O3/c1-2-6-13-11-17(23-22-13)19(25)21-16-9-4-3-8-15(16)18(24)20-12-14-7-5-10-26-14/h3-4,8-9,13-14,17,22-23H,2,5-7,10-12H2,1H3,(H,20,24)(H,21,25). The summed E-state index contributed by atoms with van der Waals surface area (Å²) in [6.45, 7) is 3.38. The van der Waals surface area contributed by atoms with Crippen molar-refractivity contribution in [1.82, 2.24) is 16.2 Å². The maximum absolute atomic E-state index is 12.5. The van der Waals surface area contributed by atoms with Crippen LogP contribution in [-0.2, 0) is 9.53 Å². The first-order valence-electron chi connectivity index (χ1n) is 9.48. The zero-order valence-electron chi connectivity index (χ0n) is 15.2. The van der Waals surface area contributed by atoms with Crippen molar-refractivity contribution in [2.75, 3.05) is 18.5 Å². The molecule has 26 heavy (non-hydrogen) atoms. The van der Waals surface area contributed by atoms with Crippen molar-refractivity contribution in [3.63, 3.8) is 0 Å². The molecule has 3 atom stereocenters. The van der Waals surface area contributed by atoms with Crippen LogP contribution < -0.4 is 21.5 Å². The van der Waals surface area contributed by atoms with E-state index in [1.165, 1.54) is 0 Å². The van der Waals surface area contributed by atoms with Crippen LogP contribution in [0.25, 0.3) is 0 Å². The van der Waals surface area contributed by atoms with Crippen molar-refractivity contribution >= 4 is 17.5 Å². The molecular formula is C19H28N4O3. The molecule has 4 N–H and O–H groups in total. The minimum Gasteiger partial charge on any atom is -0.376 e. The Morgan fingerprint density at radius 3 is 2.88 bits per heavy atom. The number of carbonyl (C=O) groups is 2. The Labute approximate surface area is 154 Å². The average molecular weight is 360 g/mol. The molecule has 0 spiro atoms. The van der Waals surface area contributed by atoms with Crippen molar-refractivity contribution < 1.29 is 14.3 Å². The molecule has 7 heteroatoms. The molecule has 2 heterocycles. The maximum atomic E-state index is 12.5. The molecule has 2 amide bonds. The number of hydrazine groups is 1. The van der Waals surface area contributed by atoms with Gasteiger partial charge in [0.25, 0.3) is 5.91 Å². The Hall–Kier alpha value is -1.96. The molecule has 0 bridgehead atoms. The third-order valence-electron chi connectivity index (χ3n) is 4.88. The predicted molar refractivity (Wildman–Crippen MR) is 99.8 cm³/mol. The summed E-state index contributed by atoms with van der Waals surface area (Å²) in [6, 6.07) is 7.09. The largest absolute Gasteiger partial charge is 0.376 e. The van der Waals surface area contributed by atoms with E-state index < -0.39 is 0 Å². The van der Waals surface area contributed by atoms with Gasteiger partial charge in [-0.25, -0.2) is 5.43 Å². The topological polar surface area (TPSA) is 91.5 Å². The summed E-state index contributed by atoms with van der Waals surface area (Å²) >= 11 is 0. The van der Waals surface area contributed by atoms with Crippen molar-refractivity contribution in [3.8, 4) is 0 Å². The summed E-state index contributed by atoms with van der Waals surface area (Å²) in [5.74, 6) is -0.326. The SMILES string of the molecule is CCCC1CC(C(=O)Nc2ccccc2C(=O)NCC2CCCO2)NN1. The summed E-state index contributed by atoms with van der Waals surface area (Å²) in [6.07, 6.45) is 4.94. The molecule has 0 radical (unpaired) electrons. The number of rotatable bonds is 7. The number of amides is 2. The van der Waals surface area contributed by atoms with Crippen LogP contribution in [0.3, 0.4) is 0 Å². The lowest BCUT2D eigenvalue weighted by molar-refractivity contribution is -0.117. The Morgan fingerprint density at radius 1 is 1.27 bits per heavy atom. The molecule has 2 saturated heterocycles. The zero-order chi connectivity index (χ0) is 18.4. The van der Waals surface area contributed by atoms with E-state index in [-0.39, 0.29) is 24.0 Å². The van der Waals surface area contributed by atoms with E-state index >= 15 is 0 Å². The second-order valence-corrected chi connectivity index (χ2v) is 6.94. The number of hydrogen-bond donors (Lipinski definition) is 4. The summed E-state index contributed by atoms with van der Waals surface area (Å²) in [7, 11) is 0. The monoisotopic (exact) mass is 360 g/mol. The molecule has 1 aromatic carbocycles. The van der Waals surface area contributed by atoms with E-state index in [2.05, 4.69) is 28.4 Å². The van der Waals surface area contributed by atoms with Gasteiger partial charge in [-0.15, -0.1) is 0 Å². The Morgan fingerprint density at radius 2 is 2.12 bits per heavy atom. The van der Waals surface area contributed by atoms with Crippen LogP contribution in [0.2, 0.25) is 0 Å². The maximum Gasteiger partial charge on any atom is 0.253 e. The number of ether oxygens (including phenoxy) is 1. The highest BCUT2D eigenvalue weighted by Gasteiger charge is 2.29. The Balaban J connectivity index is 1.58. The summed E-state index contributed by atoms with van der Waals surface area (Å²) in [5.41, 5.74) is 7.20. The zero-order valence-corrected chi connectivity index (χ0v) is 15.2. The normalized spacial score (nSPS) is 25.2. The molecule has 3 rings (SSSR count). The third kappa shape index (κ3) is 4.81. The second-order valence-electron chi connectivity index (χ2n) is 6.94. The molecule has 3 unspecified atom stereocenters. The van der Waals surface area contributed by atoms with E-state index in [1.807, 2.05) is 6.07 Å². The highest BCUT2D eigenvalue weighted by Crippen LogP contribution is 2.18. The van der Waals surface area contributed by atoms with Crippen LogP contribution in [0, 0.1) is 0 Å². The first kappa shape index (κ1) is 18.8. The van der Waals surface area contributed by atoms with Gasteiger partial charge in [-0.05, 0) is 37.8 Å². The van der Waals surface area contributed by atoms with Gasteiger partial charge in [-0.3, -0.25) is 15.0 Å². The van der Waals surface area contributed by atoms with Gasteiger partial charge >= 0.3 is 0 Å². The molecule has 2 fully saturated rings. The fraction of sp³-hybridized carbons (Fsp3) is 0.579. The van der Waals surface area contributed by atoms with Crippen molar-refractivity contribution in [2.45, 2.75) is 57.2 Å². The molecule has 142 valence electrons. The van der Waals surface area contributed by atoms with Gasteiger partial charge in [0.2, 0.25) is 5.91 Å². The first-order valence-corrected chi connectivity index (χ1v) is 9.48. The van der Waals surface area contributed by atoms with E-state index in [4.69, 9.17) is 4.74 Å². The highest BCUT2D eigenvalue weighted by atomic mass is 16.5. The van der Waals surface area contributed by atoms with Gasteiger partial charge in [-0.1, -0.05) is 25.5 Å².